The molecule has 0 saturated carbocycles. The molecule has 0 spiro atoms. The summed E-state index contributed by atoms with van der Waals surface area (Å²) in [6.07, 6.45) is 7.66. The number of anilines is 1. The van der Waals surface area contributed by atoms with Crippen LogP contribution in [0.15, 0.2) is 55.0 Å². The third-order valence-corrected chi connectivity index (χ3v) is 7.86. The molecule has 0 fully saturated rings. The quantitative estimate of drug-likeness (QED) is 0.297. The Morgan fingerprint density at radius 1 is 1.08 bits per heavy atom. The Labute approximate surface area is 232 Å². The highest BCUT2D eigenvalue weighted by Crippen LogP contribution is 2.40. The Morgan fingerprint density at radius 2 is 1.82 bits per heavy atom. The Bertz CT molecular complexity index is 1660. The number of amides is 1. The fourth-order valence-corrected chi connectivity index (χ4v) is 5.76. The van der Waals surface area contributed by atoms with Crippen molar-refractivity contribution < 1.29 is 4.79 Å². The van der Waals surface area contributed by atoms with E-state index in [-0.39, 0.29) is 5.91 Å². The molecule has 0 unspecified atom stereocenters. The summed E-state index contributed by atoms with van der Waals surface area (Å²) in [6, 6.07) is 12.7. The maximum atomic E-state index is 12.0. The van der Waals surface area contributed by atoms with Crippen LogP contribution in [-0.2, 0) is 25.8 Å². The van der Waals surface area contributed by atoms with Gasteiger partial charge in [0.1, 0.15) is 0 Å². The average molecular weight is 540 g/mol. The molecule has 0 atom stereocenters. The molecule has 9 heteroatoms. The van der Waals surface area contributed by atoms with E-state index in [1.54, 1.807) is 19.4 Å². The smallest absolute Gasteiger partial charge is 0.254 e. The van der Waals surface area contributed by atoms with E-state index in [2.05, 4.69) is 74.0 Å². The number of hydrogen-bond donors (Lipinski definition) is 2. The van der Waals surface area contributed by atoms with Gasteiger partial charge in [-0.05, 0) is 36.1 Å². The van der Waals surface area contributed by atoms with Crippen molar-refractivity contribution in [2.45, 2.75) is 39.7 Å². The molecule has 1 amide bonds. The summed E-state index contributed by atoms with van der Waals surface area (Å²) in [4.78, 5) is 26.5. The van der Waals surface area contributed by atoms with E-state index in [1.807, 2.05) is 12.3 Å². The summed E-state index contributed by atoms with van der Waals surface area (Å²) < 4.78 is 2.16. The lowest BCUT2D eigenvalue weighted by atomic mass is 9.97. The molecule has 0 radical (unpaired) electrons. The second-order valence-corrected chi connectivity index (χ2v) is 10.1. The second-order valence-electron chi connectivity index (χ2n) is 9.70. The first-order chi connectivity index (χ1) is 19.0. The molecular weight excluding hydrogens is 510 g/mol. The van der Waals surface area contributed by atoms with Gasteiger partial charge in [0, 0.05) is 61.7 Å². The fraction of sp³-hybridized carbons (Fsp3) is 0.267. The first-order valence-corrected chi connectivity index (χ1v) is 13.7. The van der Waals surface area contributed by atoms with E-state index in [4.69, 9.17) is 16.7 Å². The fourth-order valence-electron chi connectivity index (χ4n) is 5.54. The molecule has 0 aliphatic carbocycles. The predicted octanol–water partition coefficient (Wildman–Crippen LogP) is 5.51. The van der Waals surface area contributed by atoms with Gasteiger partial charge in [0.2, 0.25) is 5.95 Å². The monoisotopic (exact) mass is 539 g/mol. The third kappa shape index (κ3) is 4.25. The van der Waals surface area contributed by atoms with E-state index in [1.165, 1.54) is 11.1 Å². The van der Waals surface area contributed by atoms with Crippen molar-refractivity contribution >= 4 is 34.4 Å². The second kappa shape index (κ2) is 10.2. The molecule has 8 nitrogen and oxygen atoms in total. The zero-order valence-electron chi connectivity index (χ0n) is 22.3. The van der Waals surface area contributed by atoms with Gasteiger partial charge in [-0.3, -0.25) is 4.79 Å². The van der Waals surface area contributed by atoms with Gasteiger partial charge in [0.05, 0.1) is 33.2 Å². The van der Waals surface area contributed by atoms with E-state index in [9.17, 15) is 4.79 Å². The molecule has 198 valence electrons. The molecule has 1 aliphatic heterocycles. The third-order valence-electron chi connectivity index (χ3n) is 7.55. The first kappa shape index (κ1) is 25.1. The van der Waals surface area contributed by atoms with Crippen molar-refractivity contribution in [3.63, 3.8) is 0 Å². The minimum Gasteiger partial charge on any atom is -0.360 e. The number of fused-ring (bicyclic) bond motifs is 2. The van der Waals surface area contributed by atoms with Gasteiger partial charge in [0.25, 0.3) is 5.91 Å². The number of nitrogens with zero attached hydrogens (tertiary/aromatic N) is 5. The van der Waals surface area contributed by atoms with Crippen molar-refractivity contribution in [3.05, 3.63) is 88.0 Å². The molecule has 1 aliphatic rings. The van der Waals surface area contributed by atoms with Gasteiger partial charge >= 0.3 is 0 Å². The average Bonchev–Trinajstić information content (AvgIpc) is 3.62. The highest BCUT2D eigenvalue weighted by Gasteiger charge is 2.29. The maximum Gasteiger partial charge on any atom is 0.254 e. The molecule has 0 saturated heterocycles. The van der Waals surface area contributed by atoms with Crippen molar-refractivity contribution in [1.29, 1.82) is 0 Å². The SMILES string of the molecule is CCc1cccc(CC)c1-n1nc2c(c1-c1ccc(Cl)c3[nH]ccc13)CN(c1ncc(C(=O)NC)cn1)CC2. The van der Waals surface area contributed by atoms with Crippen LogP contribution in [0.3, 0.4) is 0 Å². The summed E-state index contributed by atoms with van der Waals surface area (Å²) in [5, 5.41) is 9.62. The lowest BCUT2D eigenvalue weighted by Crippen LogP contribution is -2.32. The Morgan fingerprint density at radius 3 is 2.51 bits per heavy atom. The van der Waals surface area contributed by atoms with Crippen LogP contribution in [0.5, 0.6) is 0 Å². The zero-order valence-corrected chi connectivity index (χ0v) is 23.0. The first-order valence-electron chi connectivity index (χ1n) is 13.3. The number of H-pyrrole nitrogens is 1. The molecule has 2 aromatic carbocycles. The van der Waals surface area contributed by atoms with Crippen molar-refractivity contribution in [2.24, 2.45) is 0 Å². The number of aryl methyl sites for hydroxylation is 2. The van der Waals surface area contributed by atoms with Gasteiger partial charge in [-0.2, -0.15) is 5.10 Å². The van der Waals surface area contributed by atoms with Crippen LogP contribution in [0.1, 0.15) is 46.6 Å². The number of nitrogens with one attached hydrogen (secondary N) is 2. The molecule has 2 N–H and O–H groups in total. The lowest BCUT2D eigenvalue weighted by molar-refractivity contribution is 0.0962. The molecule has 3 aromatic heterocycles. The van der Waals surface area contributed by atoms with Crippen LogP contribution < -0.4 is 10.2 Å². The zero-order chi connectivity index (χ0) is 27.1. The Kier molecular flexibility index (Phi) is 6.56. The number of para-hydroxylation sites is 1. The number of hydrogen-bond acceptors (Lipinski definition) is 5. The molecular formula is C30H30ClN7O. The number of halogens is 1. The Hall–Kier alpha value is -4.17. The van der Waals surface area contributed by atoms with Crippen LogP contribution in [0.2, 0.25) is 5.02 Å². The van der Waals surface area contributed by atoms with Crippen molar-refractivity contribution in [3.8, 4) is 16.9 Å². The van der Waals surface area contributed by atoms with Gasteiger partial charge in [0.15, 0.2) is 0 Å². The highest BCUT2D eigenvalue weighted by atomic mass is 35.5. The molecule has 39 heavy (non-hydrogen) atoms. The van der Waals surface area contributed by atoms with Gasteiger partial charge in [-0.15, -0.1) is 0 Å². The summed E-state index contributed by atoms with van der Waals surface area (Å²) in [5.74, 6) is 0.392. The van der Waals surface area contributed by atoms with Gasteiger partial charge in [-0.1, -0.05) is 49.7 Å². The highest BCUT2D eigenvalue weighted by molar-refractivity contribution is 6.35. The largest absolute Gasteiger partial charge is 0.360 e. The summed E-state index contributed by atoms with van der Waals surface area (Å²) in [6.45, 7) is 5.72. The van der Waals surface area contributed by atoms with Crippen molar-refractivity contribution in [1.82, 2.24) is 30.0 Å². The van der Waals surface area contributed by atoms with Crippen LogP contribution in [-0.4, -0.2) is 44.2 Å². The number of carbonyl (C=O) groups is 1. The standard InChI is InChI=1S/C30H30ClN7O/c1-4-18-7-6-8-19(5-2)27(18)38-28(22-9-10-24(31)26-21(22)11-13-33-26)23-17-37(14-12-25(23)36-38)30-34-15-20(16-35-30)29(39)32-3/h6-11,13,15-16,33H,4-5,12,14,17H2,1-3H3,(H,32,39). The van der Waals surface area contributed by atoms with E-state index < -0.39 is 0 Å². The Balaban J connectivity index is 1.54. The summed E-state index contributed by atoms with van der Waals surface area (Å²) in [7, 11) is 1.60. The van der Waals surface area contributed by atoms with E-state index >= 15 is 0 Å². The van der Waals surface area contributed by atoms with Crippen LogP contribution in [0.25, 0.3) is 27.8 Å². The minimum absolute atomic E-state index is 0.203. The topological polar surface area (TPSA) is 91.7 Å². The number of rotatable bonds is 6. The van der Waals surface area contributed by atoms with Crippen LogP contribution in [0, 0.1) is 0 Å². The number of aromatic amines is 1. The molecule has 0 bridgehead atoms. The lowest BCUT2D eigenvalue weighted by Gasteiger charge is -2.27. The van der Waals surface area contributed by atoms with Gasteiger partial charge in [-0.25, -0.2) is 14.6 Å². The molecule has 5 aromatic rings. The summed E-state index contributed by atoms with van der Waals surface area (Å²) >= 11 is 6.57. The van der Waals surface area contributed by atoms with Crippen LogP contribution in [0.4, 0.5) is 5.95 Å². The van der Waals surface area contributed by atoms with E-state index in [0.717, 1.165) is 64.9 Å². The predicted molar refractivity (Wildman–Crippen MR) is 155 cm³/mol. The van der Waals surface area contributed by atoms with Crippen LogP contribution >= 0.6 is 11.6 Å². The maximum absolute atomic E-state index is 12.0. The normalized spacial score (nSPS) is 13.1. The van der Waals surface area contributed by atoms with Crippen molar-refractivity contribution in [2.75, 3.05) is 18.5 Å². The van der Waals surface area contributed by atoms with E-state index in [0.29, 0.717) is 23.1 Å². The van der Waals surface area contributed by atoms with Gasteiger partial charge < -0.3 is 15.2 Å². The number of benzene rings is 2. The minimum atomic E-state index is -0.203. The molecule has 4 heterocycles. The number of aromatic nitrogens is 5. The molecule has 6 rings (SSSR count). The summed E-state index contributed by atoms with van der Waals surface area (Å²) in [5.41, 5.74) is 9.40. The number of carbonyl (C=O) groups excluding carboxylic acids is 1.